The fraction of sp³-hybridized carbons (Fsp3) is 0.0714. The Morgan fingerprint density at radius 3 is 2.26 bits per heavy atom. The van der Waals surface area contributed by atoms with Gasteiger partial charge < -0.3 is 5.32 Å². The number of ketones is 1. The Morgan fingerprint density at radius 1 is 0.824 bits per heavy atom. The van der Waals surface area contributed by atoms with Crippen molar-refractivity contribution in [3.8, 4) is 17.2 Å². The zero-order chi connectivity index (χ0) is 23.3. The second kappa shape index (κ2) is 9.39. The number of aromatic nitrogens is 3. The Morgan fingerprint density at radius 2 is 1.50 bits per heavy atom. The van der Waals surface area contributed by atoms with Gasteiger partial charge in [0.05, 0.1) is 11.3 Å². The van der Waals surface area contributed by atoms with Crippen molar-refractivity contribution in [2.75, 3.05) is 5.32 Å². The Bertz CT molecular complexity index is 1500. The van der Waals surface area contributed by atoms with Gasteiger partial charge in [0.2, 0.25) is 5.95 Å². The van der Waals surface area contributed by atoms with Crippen molar-refractivity contribution in [1.29, 1.82) is 5.26 Å². The molecule has 0 saturated carbocycles. The fourth-order valence-corrected chi connectivity index (χ4v) is 3.85. The molecule has 5 aromatic rings. The van der Waals surface area contributed by atoms with Crippen molar-refractivity contribution in [3.63, 3.8) is 0 Å². The molecule has 0 aliphatic rings. The SMILES string of the molecule is N#Cc1ccccc1Nc1nc2ccc(-c3ccc(CC(=O)Cc4ccccc4)cc3)cn2n1. The number of rotatable bonds is 7. The average molecular weight is 444 g/mol. The molecule has 0 aliphatic heterocycles. The first-order valence-corrected chi connectivity index (χ1v) is 11.0. The van der Waals surface area contributed by atoms with E-state index in [2.05, 4.69) is 21.5 Å². The first kappa shape index (κ1) is 21.1. The van der Waals surface area contributed by atoms with Crippen LogP contribution in [-0.4, -0.2) is 20.4 Å². The highest BCUT2D eigenvalue weighted by atomic mass is 16.1. The summed E-state index contributed by atoms with van der Waals surface area (Å²) in [4.78, 5) is 16.9. The fourth-order valence-electron chi connectivity index (χ4n) is 3.85. The molecule has 3 aromatic carbocycles. The van der Waals surface area contributed by atoms with E-state index >= 15 is 0 Å². The van der Waals surface area contributed by atoms with E-state index < -0.39 is 0 Å². The third kappa shape index (κ3) is 4.69. The van der Waals surface area contributed by atoms with Gasteiger partial charge in [0.1, 0.15) is 11.9 Å². The van der Waals surface area contributed by atoms with Crippen molar-refractivity contribution in [3.05, 3.63) is 114 Å². The highest BCUT2D eigenvalue weighted by Crippen LogP contribution is 2.23. The number of nitriles is 1. The molecule has 5 rings (SSSR count). The van der Waals surface area contributed by atoms with Gasteiger partial charge in [-0.25, -0.2) is 4.52 Å². The molecular weight excluding hydrogens is 422 g/mol. The van der Waals surface area contributed by atoms with Gasteiger partial charge in [-0.05, 0) is 41.0 Å². The largest absolute Gasteiger partial charge is 0.322 e. The number of para-hydroxylation sites is 1. The van der Waals surface area contributed by atoms with Crippen LogP contribution in [0.3, 0.4) is 0 Å². The Kier molecular flexibility index (Phi) is 5.83. The molecular formula is C28H21N5O. The van der Waals surface area contributed by atoms with Crippen LogP contribution in [0, 0.1) is 11.3 Å². The third-order valence-electron chi connectivity index (χ3n) is 5.56. The van der Waals surface area contributed by atoms with Crippen LogP contribution in [0.5, 0.6) is 0 Å². The molecule has 2 aromatic heterocycles. The highest BCUT2D eigenvalue weighted by Gasteiger charge is 2.09. The van der Waals surface area contributed by atoms with Crippen LogP contribution in [0.15, 0.2) is 97.2 Å². The lowest BCUT2D eigenvalue weighted by Gasteiger charge is -2.05. The van der Waals surface area contributed by atoms with E-state index in [-0.39, 0.29) is 5.78 Å². The Hall–Kier alpha value is -4.76. The molecule has 0 bridgehead atoms. The van der Waals surface area contributed by atoms with Gasteiger partial charge in [0.25, 0.3) is 0 Å². The van der Waals surface area contributed by atoms with Crippen molar-refractivity contribution >= 4 is 23.1 Å². The lowest BCUT2D eigenvalue weighted by Crippen LogP contribution is -2.06. The molecule has 2 heterocycles. The number of hydrogen-bond acceptors (Lipinski definition) is 5. The molecule has 34 heavy (non-hydrogen) atoms. The Labute approximate surface area is 197 Å². The predicted molar refractivity (Wildman–Crippen MR) is 132 cm³/mol. The third-order valence-corrected chi connectivity index (χ3v) is 5.56. The first-order chi connectivity index (χ1) is 16.7. The van der Waals surface area contributed by atoms with E-state index in [1.807, 2.05) is 91.1 Å². The number of carbonyl (C=O) groups is 1. The summed E-state index contributed by atoms with van der Waals surface area (Å²) >= 11 is 0. The molecule has 0 radical (unpaired) electrons. The van der Waals surface area contributed by atoms with Crippen LogP contribution in [0.25, 0.3) is 16.8 Å². The minimum absolute atomic E-state index is 0.195. The summed E-state index contributed by atoms with van der Waals surface area (Å²) in [5.41, 5.74) is 5.95. The van der Waals surface area contributed by atoms with Crippen LogP contribution in [0.2, 0.25) is 0 Å². The Balaban J connectivity index is 1.30. The summed E-state index contributed by atoms with van der Waals surface area (Å²) in [5, 5.41) is 16.9. The summed E-state index contributed by atoms with van der Waals surface area (Å²) in [7, 11) is 0. The summed E-state index contributed by atoms with van der Waals surface area (Å²) in [5.74, 6) is 0.619. The minimum Gasteiger partial charge on any atom is -0.322 e. The molecule has 1 N–H and O–H groups in total. The van der Waals surface area contributed by atoms with Gasteiger partial charge in [0.15, 0.2) is 5.65 Å². The number of Topliss-reactive ketones (excluding diaryl/α,β-unsaturated/α-hetero) is 1. The zero-order valence-corrected chi connectivity index (χ0v) is 18.3. The molecule has 0 unspecified atom stereocenters. The summed E-state index contributed by atoms with van der Waals surface area (Å²) < 4.78 is 1.71. The van der Waals surface area contributed by atoms with Crippen molar-refractivity contribution in [1.82, 2.24) is 14.6 Å². The van der Waals surface area contributed by atoms with Gasteiger partial charge in [-0.15, -0.1) is 5.10 Å². The van der Waals surface area contributed by atoms with Crippen LogP contribution < -0.4 is 5.32 Å². The number of benzene rings is 3. The monoisotopic (exact) mass is 443 g/mol. The topological polar surface area (TPSA) is 83.1 Å². The van der Waals surface area contributed by atoms with Crippen molar-refractivity contribution in [2.24, 2.45) is 0 Å². The van der Waals surface area contributed by atoms with Crippen molar-refractivity contribution < 1.29 is 4.79 Å². The molecule has 0 atom stereocenters. The van der Waals surface area contributed by atoms with Crippen LogP contribution in [0.1, 0.15) is 16.7 Å². The number of fused-ring (bicyclic) bond motifs is 1. The minimum atomic E-state index is 0.195. The number of carbonyl (C=O) groups excluding carboxylic acids is 1. The normalized spacial score (nSPS) is 10.7. The van der Waals surface area contributed by atoms with Crippen LogP contribution in [0.4, 0.5) is 11.6 Å². The average Bonchev–Trinajstić information content (AvgIpc) is 3.27. The van der Waals surface area contributed by atoms with Crippen molar-refractivity contribution in [2.45, 2.75) is 12.8 Å². The van der Waals surface area contributed by atoms with Gasteiger partial charge in [-0.2, -0.15) is 10.2 Å². The van der Waals surface area contributed by atoms with Crippen LogP contribution >= 0.6 is 0 Å². The second-order valence-corrected chi connectivity index (χ2v) is 8.01. The van der Waals surface area contributed by atoms with Gasteiger partial charge in [-0.1, -0.05) is 66.7 Å². The summed E-state index contributed by atoms with van der Waals surface area (Å²) in [6, 6.07) is 31.1. The molecule has 0 fully saturated rings. The van der Waals surface area contributed by atoms with Crippen LogP contribution in [-0.2, 0) is 17.6 Å². The van der Waals surface area contributed by atoms with E-state index in [1.54, 1.807) is 10.6 Å². The second-order valence-electron chi connectivity index (χ2n) is 8.01. The van der Waals surface area contributed by atoms with E-state index in [1.165, 1.54) is 0 Å². The molecule has 0 spiro atoms. The predicted octanol–water partition coefficient (Wildman–Crippen LogP) is 5.37. The number of nitrogens with one attached hydrogen (secondary N) is 1. The number of pyridine rings is 1. The van der Waals surface area contributed by atoms with Gasteiger partial charge in [-0.3, -0.25) is 4.79 Å². The first-order valence-electron chi connectivity index (χ1n) is 11.0. The summed E-state index contributed by atoms with van der Waals surface area (Å²) in [6.07, 6.45) is 2.77. The maximum atomic E-state index is 12.4. The molecule has 0 amide bonds. The highest BCUT2D eigenvalue weighted by molar-refractivity contribution is 5.83. The smallest absolute Gasteiger partial charge is 0.247 e. The summed E-state index contributed by atoms with van der Waals surface area (Å²) in [6.45, 7) is 0. The molecule has 164 valence electrons. The van der Waals surface area contributed by atoms with E-state index in [0.717, 1.165) is 22.3 Å². The zero-order valence-electron chi connectivity index (χ0n) is 18.3. The van der Waals surface area contributed by atoms with E-state index in [9.17, 15) is 10.1 Å². The van der Waals surface area contributed by atoms with Gasteiger partial charge >= 0.3 is 0 Å². The van der Waals surface area contributed by atoms with Gasteiger partial charge in [0, 0.05) is 24.6 Å². The molecule has 0 aliphatic carbocycles. The number of hydrogen-bond donors (Lipinski definition) is 1. The number of nitrogens with zero attached hydrogens (tertiary/aromatic N) is 4. The lowest BCUT2D eigenvalue weighted by molar-refractivity contribution is -0.117. The maximum Gasteiger partial charge on any atom is 0.247 e. The lowest BCUT2D eigenvalue weighted by atomic mass is 10.0. The molecule has 6 heteroatoms. The van der Waals surface area contributed by atoms with E-state index in [0.29, 0.717) is 35.7 Å². The quantitative estimate of drug-likeness (QED) is 0.366. The van der Waals surface area contributed by atoms with E-state index in [4.69, 9.17) is 0 Å². The molecule has 6 nitrogen and oxygen atoms in total. The maximum absolute atomic E-state index is 12.4. The molecule has 0 saturated heterocycles. The number of anilines is 2. The standard InChI is InChI=1S/C28H21N5O/c29-18-23-8-4-5-9-26(23)30-28-31-27-15-14-24(19-33(27)32-28)22-12-10-21(11-13-22)17-25(34)16-20-6-2-1-3-7-20/h1-15,19H,16-17H2,(H,30,32).